The number of likely N-dealkylation sites (N-methyl/N-ethyl adjacent to an activating group) is 1. The van der Waals surface area contributed by atoms with Crippen LogP contribution in [0.1, 0.15) is 36.8 Å². The zero-order valence-corrected chi connectivity index (χ0v) is 23.4. The number of hydrogen-bond donors (Lipinski definition) is 1. The quantitative estimate of drug-likeness (QED) is 0.419. The van der Waals surface area contributed by atoms with Gasteiger partial charge in [-0.1, -0.05) is 17.7 Å². The molecule has 1 saturated heterocycles. The highest BCUT2D eigenvalue weighted by Gasteiger charge is 2.51. The maximum atomic E-state index is 13.4. The number of amides is 2. The van der Waals surface area contributed by atoms with E-state index in [1.54, 1.807) is 26.2 Å². The summed E-state index contributed by atoms with van der Waals surface area (Å²) in [5, 5.41) is 2.24. The fourth-order valence-corrected chi connectivity index (χ4v) is 6.41. The van der Waals surface area contributed by atoms with E-state index in [1.165, 1.54) is 11.6 Å². The highest BCUT2D eigenvalue weighted by Crippen LogP contribution is 2.50. The third kappa shape index (κ3) is 5.93. The van der Waals surface area contributed by atoms with Crippen molar-refractivity contribution in [2.24, 2.45) is 0 Å². The number of fused-ring (bicyclic) bond motifs is 1. The number of urea groups is 1. The first-order valence-corrected chi connectivity index (χ1v) is 13.3. The van der Waals surface area contributed by atoms with Gasteiger partial charge in [0.1, 0.15) is 0 Å². The van der Waals surface area contributed by atoms with Crippen LogP contribution in [0.2, 0.25) is 5.02 Å². The molecule has 3 unspecified atom stereocenters. The van der Waals surface area contributed by atoms with E-state index in [0.717, 1.165) is 44.4 Å². The largest absolute Gasteiger partial charge is 0.493 e. The van der Waals surface area contributed by atoms with Gasteiger partial charge in [0.25, 0.3) is 0 Å². The van der Waals surface area contributed by atoms with E-state index in [1.807, 2.05) is 6.07 Å². The van der Waals surface area contributed by atoms with E-state index in [-0.39, 0.29) is 23.2 Å². The van der Waals surface area contributed by atoms with Gasteiger partial charge in [0.15, 0.2) is 11.5 Å². The first-order chi connectivity index (χ1) is 18.5. The minimum atomic E-state index is -4.63. The zero-order valence-electron chi connectivity index (χ0n) is 22.6. The average Bonchev–Trinajstić information content (AvgIpc) is 3.25. The maximum absolute atomic E-state index is 13.4. The SMILES string of the molecule is COCCN(C(=O)Nc1ccc(Cl)c(C(F)(F)F)c1)C1CCC2(c3ccc(OC)c(OC)c3)CCN(C)C2C1. The summed E-state index contributed by atoms with van der Waals surface area (Å²) < 4.78 is 56.4. The number of likely N-dealkylation sites (tertiary alicyclic amines) is 1. The number of carbonyl (C=O) groups is 1. The van der Waals surface area contributed by atoms with Crippen molar-refractivity contribution in [2.45, 2.75) is 49.4 Å². The van der Waals surface area contributed by atoms with E-state index in [2.05, 4.69) is 29.4 Å². The Kier molecular flexibility index (Phi) is 8.88. The summed E-state index contributed by atoms with van der Waals surface area (Å²) in [7, 11) is 6.89. The Hall–Kier alpha value is -2.69. The van der Waals surface area contributed by atoms with Gasteiger partial charge >= 0.3 is 12.2 Å². The molecule has 39 heavy (non-hydrogen) atoms. The molecule has 0 aromatic heterocycles. The number of alkyl halides is 3. The van der Waals surface area contributed by atoms with Crippen LogP contribution in [-0.2, 0) is 16.3 Å². The van der Waals surface area contributed by atoms with E-state index >= 15 is 0 Å². The lowest BCUT2D eigenvalue weighted by Crippen LogP contribution is -2.54. The summed E-state index contributed by atoms with van der Waals surface area (Å²) in [6.45, 7) is 1.53. The molecule has 1 saturated carbocycles. The Morgan fingerprint density at radius 2 is 1.87 bits per heavy atom. The molecular weight excluding hydrogens is 535 g/mol. The van der Waals surface area contributed by atoms with E-state index < -0.39 is 22.8 Å². The lowest BCUT2D eigenvalue weighted by atomic mass is 9.64. The number of methoxy groups -OCH3 is 3. The van der Waals surface area contributed by atoms with Gasteiger partial charge in [0.05, 0.1) is 31.4 Å². The molecule has 11 heteroatoms. The molecule has 2 aromatic carbocycles. The number of nitrogens with one attached hydrogen (secondary N) is 1. The summed E-state index contributed by atoms with van der Waals surface area (Å²) in [6.07, 6.45) is -1.35. The Morgan fingerprint density at radius 3 is 2.54 bits per heavy atom. The molecule has 1 N–H and O–H groups in total. The number of benzene rings is 2. The average molecular weight is 570 g/mol. The molecule has 1 aliphatic carbocycles. The second-order valence-electron chi connectivity index (χ2n) is 10.2. The van der Waals surface area contributed by atoms with Gasteiger partial charge in [-0.3, -0.25) is 0 Å². The predicted octanol–water partition coefficient (Wildman–Crippen LogP) is 6.05. The number of hydrogen-bond acceptors (Lipinski definition) is 5. The summed E-state index contributed by atoms with van der Waals surface area (Å²) in [6, 6.07) is 9.05. The van der Waals surface area contributed by atoms with Crippen LogP contribution >= 0.6 is 11.6 Å². The van der Waals surface area contributed by atoms with Crippen molar-refractivity contribution in [3.63, 3.8) is 0 Å². The lowest BCUT2D eigenvalue weighted by molar-refractivity contribution is -0.137. The molecule has 4 rings (SSSR count). The highest BCUT2D eigenvalue weighted by molar-refractivity contribution is 6.31. The minimum Gasteiger partial charge on any atom is -0.493 e. The van der Waals surface area contributed by atoms with Crippen LogP contribution in [0.4, 0.5) is 23.7 Å². The van der Waals surface area contributed by atoms with Gasteiger partial charge in [-0.15, -0.1) is 0 Å². The monoisotopic (exact) mass is 569 g/mol. The zero-order chi connectivity index (χ0) is 28.4. The summed E-state index contributed by atoms with van der Waals surface area (Å²) >= 11 is 5.76. The molecule has 2 aromatic rings. The van der Waals surface area contributed by atoms with Crippen LogP contribution in [0.25, 0.3) is 0 Å². The number of anilines is 1. The molecule has 0 radical (unpaired) electrons. The smallest absolute Gasteiger partial charge is 0.417 e. The van der Waals surface area contributed by atoms with Crippen molar-refractivity contribution >= 4 is 23.3 Å². The van der Waals surface area contributed by atoms with E-state index in [4.69, 9.17) is 25.8 Å². The van der Waals surface area contributed by atoms with Gasteiger partial charge < -0.3 is 29.3 Å². The van der Waals surface area contributed by atoms with Crippen LogP contribution < -0.4 is 14.8 Å². The molecule has 2 amide bonds. The second kappa shape index (κ2) is 11.8. The third-order valence-corrected chi connectivity index (χ3v) is 8.55. The highest BCUT2D eigenvalue weighted by atomic mass is 35.5. The Labute approximate surface area is 232 Å². The van der Waals surface area contributed by atoms with Crippen molar-refractivity contribution in [2.75, 3.05) is 53.4 Å². The summed E-state index contributed by atoms with van der Waals surface area (Å²) in [5.41, 5.74) is 0.121. The van der Waals surface area contributed by atoms with Crippen molar-refractivity contribution in [3.8, 4) is 11.5 Å². The first kappa shape index (κ1) is 29.3. The number of nitrogens with zero attached hydrogens (tertiary/aromatic N) is 2. The number of halogens is 4. The molecule has 7 nitrogen and oxygen atoms in total. The van der Waals surface area contributed by atoms with Crippen LogP contribution in [0.15, 0.2) is 36.4 Å². The molecule has 2 fully saturated rings. The van der Waals surface area contributed by atoms with Crippen molar-refractivity contribution in [1.29, 1.82) is 0 Å². The molecule has 214 valence electrons. The van der Waals surface area contributed by atoms with Crippen LogP contribution in [0.3, 0.4) is 0 Å². The Morgan fingerprint density at radius 1 is 1.13 bits per heavy atom. The van der Waals surface area contributed by atoms with Gasteiger partial charge in [-0.2, -0.15) is 13.2 Å². The van der Waals surface area contributed by atoms with E-state index in [9.17, 15) is 18.0 Å². The maximum Gasteiger partial charge on any atom is 0.417 e. The number of rotatable bonds is 8. The van der Waals surface area contributed by atoms with Gasteiger partial charge in [0, 0.05) is 36.8 Å². The molecule has 1 heterocycles. The normalized spacial score (nSPS) is 23.3. The fourth-order valence-electron chi connectivity index (χ4n) is 6.18. The summed E-state index contributed by atoms with van der Waals surface area (Å²) in [4.78, 5) is 17.5. The summed E-state index contributed by atoms with van der Waals surface area (Å²) in [5.74, 6) is 1.36. The predicted molar refractivity (Wildman–Crippen MR) is 144 cm³/mol. The molecule has 1 aliphatic heterocycles. The Bertz CT molecular complexity index is 1180. The number of ether oxygens (including phenoxy) is 3. The third-order valence-electron chi connectivity index (χ3n) is 8.22. The molecule has 0 bridgehead atoms. The standard InChI is InChI=1S/C28H35ClF3N3O4/c1-34-12-11-27(18-5-8-23(38-3)24(15-18)39-4)10-9-20(17-25(27)34)35(13-14-37-2)26(36)33-19-6-7-22(29)21(16-19)28(30,31)32/h5-8,15-16,20,25H,9-14,17H2,1-4H3,(H,33,36). The van der Waals surface area contributed by atoms with Gasteiger partial charge in [0.2, 0.25) is 0 Å². The van der Waals surface area contributed by atoms with Crippen LogP contribution in [0, 0.1) is 0 Å². The topological polar surface area (TPSA) is 63.3 Å². The van der Waals surface area contributed by atoms with Crippen LogP contribution in [0.5, 0.6) is 11.5 Å². The second-order valence-corrected chi connectivity index (χ2v) is 10.6. The van der Waals surface area contributed by atoms with Crippen molar-refractivity contribution < 1.29 is 32.2 Å². The van der Waals surface area contributed by atoms with Crippen molar-refractivity contribution in [3.05, 3.63) is 52.5 Å². The molecule has 2 aliphatic rings. The van der Waals surface area contributed by atoms with Crippen LogP contribution in [-0.4, -0.2) is 76.0 Å². The first-order valence-electron chi connectivity index (χ1n) is 12.9. The van der Waals surface area contributed by atoms with Gasteiger partial charge in [-0.05, 0) is 75.2 Å². The lowest BCUT2D eigenvalue weighted by Gasteiger charge is -2.47. The minimum absolute atomic E-state index is 0.0348. The van der Waals surface area contributed by atoms with Gasteiger partial charge in [-0.25, -0.2) is 4.79 Å². The fraction of sp³-hybridized carbons (Fsp3) is 0.536. The van der Waals surface area contributed by atoms with Crippen molar-refractivity contribution in [1.82, 2.24) is 9.80 Å². The number of carbonyl (C=O) groups excluding carboxylic acids is 1. The van der Waals surface area contributed by atoms with E-state index in [0.29, 0.717) is 24.7 Å². The molecule has 3 atom stereocenters. The Balaban J connectivity index is 1.58. The molecule has 0 spiro atoms. The molecular formula is C28H35ClF3N3O4.